The Morgan fingerprint density at radius 3 is 3.10 bits per heavy atom. The van der Waals surface area contributed by atoms with Crippen molar-refractivity contribution in [2.45, 2.75) is 13.5 Å². The Morgan fingerprint density at radius 1 is 1.70 bits per heavy atom. The Balaban J connectivity index is 2.98. The van der Waals surface area contributed by atoms with E-state index >= 15 is 0 Å². The molecule has 0 N–H and O–H groups in total. The molecular formula is C8H9NO+. The van der Waals surface area contributed by atoms with E-state index in [9.17, 15) is 4.79 Å². The zero-order chi connectivity index (χ0) is 7.40. The van der Waals surface area contributed by atoms with E-state index in [1.54, 1.807) is 12.3 Å². The molecule has 1 heterocycles. The van der Waals surface area contributed by atoms with Gasteiger partial charge in [0, 0.05) is 6.07 Å². The lowest BCUT2D eigenvalue weighted by Gasteiger charge is -1.88. The summed E-state index contributed by atoms with van der Waals surface area (Å²) in [6, 6.07) is 3.57. The Morgan fingerprint density at radius 2 is 2.50 bits per heavy atom. The summed E-state index contributed by atoms with van der Waals surface area (Å²) in [5, 5.41) is 0. The molecule has 0 atom stereocenters. The van der Waals surface area contributed by atoms with E-state index < -0.39 is 0 Å². The first-order valence-corrected chi connectivity index (χ1v) is 3.24. The Labute approximate surface area is 60.1 Å². The van der Waals surface area contributed by atoms with Gasteiger partial charge in [-0.1, -0.05) is 0 Å². The highest BCUT2D eigenvalue weighted by atomic mass is 16.1. The highest BCUT2D eigenvalue weighted by Gasteiger charge is 1.97. The fraction of sp³-hybridized carbons (Fsp3) is 0.250. The molecule has 1 aromatic rings. The predicted octanol–water partition coefficient (Wildman–Crippen LogP) is 0.452. The van der Waals surface area contributed by atoms with Gasteiger partial charge in [-0.05, 0) is 13.0 Å². The Bertz CT molecular complexity index is 232. The van der Waals surface area contributed by atoms with Crippen molar-refractivity contribution in [1.29, 1.82) is 0 Å². The standard InChI is InChI=1S/C8H9NO/c1-2-9-5-3-4-8(6-9)7-10/h3-6H,2H2,1H3/q+1. The second kappa shape index (κ2) is 3.11. The molecule has 0 aliphatic carbocycles. The van der Waals surface area contributed by atoms with Crippen LogP contribution in [0.1, 0.15) is 12.5 Å². The molecular weight excluding hydrogens is 126 g/mol. The van der Waals surface area contributed by atoms with Gasteiger partial charge in [-0.15, -0.1) is 0 Å². The summed E-state index contributed by atoms with van der Waals surface area (Å²) in [4.78, 5) is 10.1. The van der Waals surface area contributed by atoms with Crippen molar-refractivity contribution in [2.24, 2.45) is 0 Å². The molecule has 0 bridgehead atoms. The molecule has 0 aliphatic heterocycles. The van der Waals surface area contributed by atoms with Crippen LogP contribution in [0.2, 0.25) is 0 Å². The molecule has 0 spiro atoms. The lowest BCUT2D eigenvalue weighted by atomic mass is 10.3. The van der Waals surface area contributed by atoms with E-state index in [0.717, 1.165) is 6.54 Å². The molecule has 1 radical (unpaired) electrons. The summed E-state index contributed by atoms with van der Waals surface area (Å²) >= 11 is 0. The molecule has 10 heavy (non-hydrogen) atoms. The monoisotopic (exact) mass is 135 g/mol. The molecule has 0 unspecified atom stereocenters. The van der Waals surface area contributed by atoms with Crippen molar-refractivity contribution < 1.29 is 9.36 Å². The molecule has 0 aliphatic rings. The van der Waals surface area contributed by atoms with E-state index in [-0.39, 0.29) is 0 Å². The highest BCUT2D eigenvalue weighted by molar-refractivity contribution is 5.73. The van der Waals surface area contributed by atoms with Crippen LogP contribution >= 0.6 is 0 Å². The van der Waals surface area contributed by atoms with Crippen LogP contribution in [-0.4, -0.2) is 6.29 Å². The van der Waals surface area contributed by atoms with E-state index in [4.69, 9.17) is 0 Å². The van der Waals surface area contributed by atoms with Gasteiger partial charge in [-0.3, -0.25) is 4.79 Å². The minimum atomic E-state index is 0.601. The topological polar surface area (TPSA) is 20.9 Å². The van der Waals surface area contributed by atoms with Gasteiger partial charge in [-0.25, -0.2) is 4.57 Å². The van der Waals surface area contributed by atoms with Crippen molar-refractivity contribution in [3.05, 3.63) is 30.1 Å². The molecule has 51 valence electrons. The highest BCUT2D eigenvalue weighted by Crippen LogP contribution is 1.87. The van der Waals surface area contributed by atoms with Crippen molar-refractivity contribution in [1.82, 2.24) is 0 Å². The van der Waals surface area contributed by atoms with E-state index in [1.807, 2.05) is 30.0 Å². The van der Waals surface area contributed by atoms with Gasteiger partial charge in [0.25, 0.3) is 0 Å². The van der Waals surface area contributed by atoms with E-state index in [2.05, 4.69) is 0 Å². The van der Waals surface area contributed by atoms with Gasteiger partial charge in [0.2, 0.25) is 6.29 Å². The summed E-state index contributed by atoms with van der Waals surface area (Å²) in [5.74, 6) is 0. The van der Waals surface area contributed by atoms with Crippen LogP contribution in [0.15, 0.2) is 24.5 Å². The third-order valence-corrected chi connectivity index (χ3v) is 1.34. The first kappa shape index (κ1) is 6.93. The zero-order valence-corrected chi connectivity index (χ0v) is 5.87. The number of nitrogens with zero attached hydrogens (tertiary/aromatic N) is 1. The van der Waals surface area contributed by atoms with Crippen LogP contribution in [-0.2, 0) is 11.3 Å². The van der Waals surface area contributed by atoms with Crippen LogP contribution in [0.4, 0.5) is 0 Å². The second-order valence-corrected chi connectivity index (χ2v) is 2.03. The summed E-state index contributed by atoms with van der Waals surface area (Å²) in [6.45, 7) is 2.91. The largest absolute Gasteiger partial charge is 0.285 e. The quantitative estimate of drug-likeness (QED) is 0.539. The SMILES string of the molecule is CC[n+]1cccc([C]=O)c1. The number of carbonyl (C=O) groups excluding carboxylic acids is 1. The molecule has 0 saturated carbocycles. The van der Waals surface area contributed by atoms with Crippen LogP contribution in [0.25, 0.3) is 0 Å². The predicted molar refractivity (Wildman–Crippen MR) is 37.1 cm³/mol. The number of rotatable bonds is 2. The van der Waals surface area contributed by atoms with Crippen LogP contribution in [0.3, 0.4) is 0 Å². The molecule has 2 nitrogen and oxygen atoms in total. The fourth-order valence-corrected chi connectivity index (χ4v) is 0.779. The van der Waals surface area contributed by atoms with E-state index in [0.29, 0.717) is 5.56 Å². The normalized spacial score (nSPS) is 9.30. The first-order chi connectivity index (χ1) is 4.86. The summed E-state index contributed by atoms with van der Waals surface area (Å²) in [6.07, 6.45) is 5.52. The van der Waals surface area contributed by atoms with Gasteiger partial charge in [0.15, 0.2) is 12.4 Å². The lowest BCUT2D eigenvalue weighted by molar-refractivity contribution is -0.693. The van der Waals surface area contributed by atoms with Crippen LogP contribution in [0, 0.1) is 0 Å². The molecule has 0 amide bonds. The Hall–Kier alpha value is -1.18. The van der Waals surface area contributed by atoms with Crippen molar-refractivity contribution in [3.63, 3.8) is 0 Å². The summed E-state index contributed by atoms with van der Waals surface area (Å²) < 4.78 is 1.93. The third-order valence-electron chi connectivity index (χ3n) is 1.34. The van der Waals surface area contributed by atoms with Gasteiger partial charge < -0.3 is 0 Å². The maximum Gasteiger partial charge on any atom is 0.239 e. The molecule has 0 aromatic carbocycles. The van der Waals surface area contributed by atoms with Gasteiger partial charge in [0.1, 0.15) is 6.54 Å². The van der Waals surface area contributed by atoms with E-state index in [1.165, 1.54) is 0 Å². The smallest absolute Gasteiger partial charge is 0.239 e. The first-order valence-electron chi connectivity index (χ1n) is 3.24. The molecule has 1 rings (SSSR count). The Kier molecular flexibility index (Phi) is 2.15. The number of hydrogen-bond donors (Lipinski definition) is 0. The van der Waals surface area contributed by atoms with Crippen LogP contribution < -0.4 is 4.57 Å². The van der Waals surface area contributed by atoms with Crippen LogP contribution in [0.5, 0.6) is 0 Å². The average Bonchev–Trinajstić information content (AvgIpc) is 2.05. The number of aromatic nitrogens is 1. The maximum absolute atomic E-state index is 10.1. The summed E-state index contributed by atoms with van der Waals surface area (Å²) in [5.41, 5.74) is 0.601. The fourth-order valence-electron chi connectivity index (χ4n) is 0.779. The third kappa shape index (κ3) is 1.41. The van der Waals surface area contributed by atoms with Crippen molar-refractivity contribution >= 4 is 6.29 Å². The van der Waals surface area contributed by atoms with Crippen molar-refractivity contribution in [3.8, 4) is 0 Å². The minimum absolute atomic E-state index is 0.601. The number of hydrogen-bond acceptors (Lipinski definition) is 1. The summed E-state index contributed by atoms with van der Waals surface area (Å²) in [7, 11) is 0. The molecule has 0 fully saturated rings. The molecule has 1 aromatic heterocycles. The van der Waals surface area contributed by atoms with Crippen molar-refractivity contribution in [2.75, 3.05) is 0 Å². The van der Waals surface area contributed by atoms with Gasteiger partial charge in [-0.2, -0.15) is 0 Å². The second-order valence-electron chi connectivity index (χ2n) is 2.03. The minimum Gasteiger partial charge on any atom is -0.285 e. The lowest BCUT2D eigenvalue weighted by Crippen LogP contribution is -2.31. The average molecular weight is 135 g/mol. The number of pyridine rings is 1. The number of aryl methyl sites for hydroxylation is 1. The molecule has 0 saturated heterocycles. The maximum atomic E-state index is 10.1. The molecule has 2 heteroatoms. The van der Waals surface area contributed by atoms with Gasteiger partial charge in [0.05, 0.1) is 5.56 Å². The zero-order valence-electron chi connectivity index (χ0n) is 5.87. The van der Waals surface area contributed by atoms with Gasteiger partial charge >= 0.3 is 0 Å².